The first kappa shape index (κ1) is 56.9. The first-order valence-electron chi connectivity index (χ1n) is 24.1. The summed E-state index contributed by atoms with van der Waals surface area (Å²) >= 11 is 0. The van der Waals surface area contributed by atoms with Crippen LogP contribution in [0.4, 0.5) is 0 Å². The molecule has 9 nitrogen and oxygen atoms in total. The summed E-state index contributed by atoms with van der Waals surface area (Å²) < 4.78 is 11.2. The van der Waals surface area contributed by atoms with Crippen LogP contribution in [0.2, 0.25) is 0 Å². The van der Waals surface area contributed by atoms with Crippen LogP contribution in [-0.4, -0.2) is 87.5 Å². The predicted molar refractivity (Wildman–Crippen MR) is 257 cm³/mol. The van der Waals surface area contributed by atoms with Gasteiger partial charge in [0.05, 0.1) is 25.4 Å². The Kier molecular flexibility index (Phi) is 38.4. The molecule has 6 N–H and O–H groups in total. The number of aliphatic hydroxyl groups excluding tert-OH is 5. The van der Waals surface area contributed by atoms with E-state index in [1.54, 1.807) is 6.08 Å². The van der Waals surface area contributed by atoms with E-state index in [-0.39, 0.29) is 12.5 Å². The van der Waals surface area contributed by atoms with Crippen molar-refractivity contribution in [1.29, 1.82) is 0 Å². The molecule has 0 aromatic carbocycles. The van der Waals surface area contributed by atoms with E-state index in [2.05, 4.69) is 116 Å². The van der Waals surface area contributed by atoms with Crippen molar-refractivity contribution in [1.82, 2.24) is 5.32 Å². The van der Waals surface area contributed by atoms with Crippen molar-refractivity contribution in [2.45, 2.75) is 204 Å². The van der Waals surface area contributed by atoms with E-state index in [9.17, 15) is 30.3 Å². The number of carbonyl (C=O) groups excluding carboxylic acids is 1. The summed E-state index contributed by atoms with van der Waals surface area (Å²) in [5.41, 5.74) is 0. The normalized spacial score (nSPS) is 21.3. The highest BCUT2D eigenvalue weighted by Crippen LogP contribution is 2.22. The van der Waals surface area contributed by atoms with Gasteiger partial charge >= 0.3 is 0 Å². The molecule has 352 valence electrons. The Labute approximate surface area is 376 Å². The molecule has 9 heteroatoms. The van der Waals surface area contributed by atoms with Crippen LogP contribution in [0.15, 0.2) is 109 Å². The number of hydrogen-bond acceptors (Lipinski definition) is 8. The Morgan fingerprint density at radius 3 is 1.55 bits per heavy atom. The minimum absolute atomic E-state index is 0.207. The van der Waals surface area contributed by atoms with Gasteiger partial charge in [-0.15, -0.1) is 0 Å². The molecule has 0 aromatic rings. The molecule has 1 fully saturated rings. The zero-order chi connectivity index (χ0) is 45.1. The lowest BCUT2D eigenvalue weighted by atomic mass is 9.99. The van der Waals surface area contributed by atoms with Crippen molar-refractivity contribution in [2.24, 2.45) is 0 Å². The summed E-state index contributed by atoms with van der Waals surface area (Å²) in [4.78, 5) is 13.0. The second kappa shape index (κ2) is 41.8. The molecule has 0 radical (unpaired) electrons. The molecular formula is C53H87NO8. The molecule has 0 aromatic heterocycles. The van der Waals surface area contributed by atoms with Gasteiger partial charge in [0.25, 0.3) is 0 Å². The third kappa shape index (κ3) is 31.7. The Balaban J connectivity index is 2.30. The fourth-order valence-electron chi connectivity index (χ4n) is 6.70. The van der Waals surface area contributed by atoms with Gasteiger partial charge in [-0.3, -0.25) is 4.79 Å². The van der Waals surface area contributed by atoms with Crippen molar-refractivity contribution < 1.29 is 39.8 Å². The summed E-state index contributed by atoms with van der Waals surface area (Å²) in [5.74, 6) is -0.207. The van der Waals surface area contributed by atoms with Gasteiger partial charge in [-0.2, -0.15) is 0 Å². The molecule has 1 rings (SSSR count). The number of allylic oxidation sites excluding steroid dienone is 17. The Morgan fingerprint density at radius 1 is 0.565 bits per heavy atom. The molecule has 1 amide bonds. The van der Waals surface area contributed by atoms with Crippen molar-refractivity contribution in [3.8, 4) is 0 Å². The van der Waals surface area contributed by atoms with E-state index >= 15 is 0 Å². The third-order valence-corrected chi connectivity index (χ3v) is 10.6. The number of carbonyl (C=O) groups is 1. The van der Waals surface area contributed by atoms with E-state index < -0.39 is 49.5 Å². The van der Waals surface area contributed by atoms with Crippen LogP contribution >= 0.6 is 0 Å². The van der Waals surface area contributed by atoms with Crippen LogP contribution in [0, 0.1) is 0 Å². The average molecular weight is 866 g/mol. The monoisotopic (exact) mass is 866 g/mol. The lowest BCUT2D eigenvalue weighted by Gasteiger charge is -2.40. The van der Waals surface area contributed by atoms with Crippen molar-refractivity contribution in [3.63, 3.8) is 0 Å². The van der Waals surface area contributed by atoms with Gasteiger partial charge in [0.15, 0.2) is 6.29 Å². The molecule has 0 saturated carbocycles. The van der Waals surface area contributed by atoms with Crippen LogP contribution in [0.5, 0.6) is 0 Å². The molecule has 1 aliphatic heterocycles. The van der Waals surface area contributed by atoms with Crippen LogP contribution < -0.4 is 5.32 Å². The maximum atomic E-state index is 13.0. The molecule has 1 aliphatic rings. The first-order valence-corrected chi connectivity index (χ1v) is 24.1. The molecule has 0 bridgehead atoms. The number of amides is 1. The minimum atomic E-state index is -1.58. The number of hydrogen-bond donors (Lipinski definition) is 6. The summed E-state index contributed by atoms with van der Waals surface area (Å²) in [5, 5.41) is 54.1. The molecular weight excluding hydrogens is 779 g/mol. The van der Waals surface area contributed by atoms with E-state index in [1.165, 1.54) is 38.5 Å². The lowest BCUT2D eigenvalue weighted by molar-refractivity contribution is -0.302. The van der Waals surface area contributed by atoms with E-state index in [4.69, 9.17) is 9.47 Å². The van der Waals surface area contributed by atoms with Gasteiger partial charge < -0.3 is 40.3 Å². The lowest BCUT2D eigenvalue weighted by Crippen LogP contribution is -2.60. The second-order valence-corrected chi connectivity index (χ2v) is 16.1. The Morgan fingerprint density at radius 2 is 1.02 bits per heavy atom. The number of aliphatic hydroxyl groups is 5. The standard InChI is InChI=1S/C53H87NO8/c1-3-5-7-9-11-13-15-17-18-19-20-21-22-23-24-25-26-27-28-29-30-31-33-35-37-39-41-43-49(57)54-46(45-61-53-52(60)51(59)50(58)48(44-55)62-53)47(56)42-40-38-36-34-32-16-14-12-10-8-6-4-2/h5,7,10-13,17-18,20-21,23-24,26-27,32,34,40,42,46-48,50-53,55-56,58-60H,3-4,6,8-9,14-16,19,22,25,28-31,33,35-39,41,43-45H2,1-2H3,(H,54,57)/b7-5-,12-10+,13-11-,18-17-,21-20-,24-23-,27-26-,34-32+,42-40+. The smallest absolute Gasteiger partial charge is 0.220 e. The highest BCUT2D eigenvalue weighted by atomic mass is 16.7. The van der Waals surface area contributed by atoms with Crippen molar-refractivity contribution >= 4 is 5.91 Å². The zero-order valence-corrected chi connectivity index (χ0v) is 38.6. The molecule has 7 atom stereocenters. The second-order valence-electron chi connectivity index (χ2n) is 16.1. The number of rotatable bonds is 38. The quantitative estimate of drug-likeness (QED) is 0.0265. The molecule has 62 heavy (non-hydrogen) atoms. The summed E-state index contributed by atoms with van der Waals surface area (Å²) in [6.07, 6.45) is 54.2. The van der Waals surface area contributed by atoms with Gasteiger partial charge in [-0.25, -0.2) is 0 Å². The summed E-state index contributed by atoms with van der Waals surface area (Å²) in [7, 11) is 0. The van der Waals surface area contributed by atoms with Gasteiger partial charge in [0.2, 0.25) is 5.91 Å². The average Bonchev–Trinajstić information content (AvgIpc) is 3.27. The van der Waals surface area contributed by atoms with Crippen LogP contribution in [0.1, 0.15) is 162 Å². The molecule has 7 unspecified atom stereocenters. The van der Waals surface area contributed by atoms with Crippen molar-refractivity contribution in [2.75, 3.05) is 13.2 Å². The maximum absolute atomic E-state index is 13.0. The summed E-state index contributed by atoms with van der Waals surface area (Å²) in [6, 6.07) is -0.839. The third-order valence-electron chi connectivity index (χ3n) is 10.6. The predicted octanol–water partition coefficient (Wildman–Crippen LogP) is 10.7. The molecule has 0 aliphatic carbocycles. The van der Waals surface area contributed by atoms with Crippen molar-refractivity contribution in [3.05, 3.63) is 109 Å². The largest absolute Gasteiger partial charge is 0.394 e. The maximum Gasteiger partial charge on any atom is 0.220 e. The number of unbranched alkanes of at least 4 members (excludes halogenated alkanes) is 12. The van der Waals surface area contributed by atoms with Crippen LogP contribution in [0.3, 0.4) is 0 Å². The summed E-state index contributed by atoms with van der Waals surface area (Å²) in [6.45, 7) is 3.55. The Bertz CT molecular complexity index is 1330. The zero-order valence-electron chi connectivity index (χ0n) is 38.6. The van der Waals surface area contributed by atoms with Crippen LogP contribution in [-0.2, 0) is 14.3 Å². The molecule has 1 saturated heterocycles. The van der Waals surface area contributed by atoms with E-state index in [0.29, 0.717) is 6.42 Å². The minimum Gasteiger partial charge on any atom is -0.394 e. The van der Waals surface area contributed by atoms with Gasteiger partial charge in [-0.1, -0.05) is 175 Å². The topological polar surface area (TPSA) is 149 Å². The van der Waals surface area contributed by atoms with Gasteiger partial charge in [0.1, 0.15) is 24.4 Å². The first-order chi connectivity index (χ1) is 30.3. The SMILES string of the molecule is CC/C=C\C/C=C\C/C=C\C/C=C\C/C=C\C/C=C\CCCCCCCCCCC(=O)NC(COC1OC(CO)C(O)C(O)C1O)C(O)/C=C/CC/C=C/CC/C=C/CCCC. The fraction of sp³-hybridized carbons (Fsp3) is 0.642. The Hall–Kier alpha value is -3.15. The molecule has 0 spiro atoms. The van der Waals surface area contributed by atoms with E-state index in [1.807, 2.05) is 6.08 Å². The number of ether oxygens (including phenoxy) is 2. The number of nitrogens with one attached hydrogen (secondary N) is 1. The highest BCUT2D eigenvalue weighted by molar-refractivity contribution is 5.76. The van der Waals surface area contributed by atoms with Gasteiger partial charge in [0, 0.05) is 6.42 Å². The highest BCUT2D eigenvalue weighted by Gasteiger charge is 2.44. The van der Waals surface area contributed by atoms with Gasteiger partial charge in [-0.05, 0) is 89.9 Å². The fourth-order valence-corrected chi connectivity index (χ4v) is 6.70. The molecule has 1 heterocycles. The van der Waals surface area contributed by atoms with E-state index in [0.717, 1.165) is 103 Å². The van der Waals surface area contributed by atoms with Crippen LogP contribution in [0.25, 0.3) is 0 Å².